The summed E-state index contributed by atoms with van der Waals surface area (Å²) in [6, 6.07) is 3.70. The van der Waals surface area contributed by atoms with Gasteiger partial charge in [0.2, 0.25) is 0 Å². The highest BCUT2D eigenvalue weighted by atomic mass is 14.6. The van der Waals surface area contributed by atoms with Gasteiger partial charge in [-0.3, -0.25) is 4.98 Å². The van der Waals surface area contributed by atoms with E-state index in [0.717, 1.165) is 23.9 Å². The molecule has 1 heterocycles. The zero-order valence-corrected chi connectivity index (χ0v) is 15.7. The van der Waals surface area contributed by atoms with Crippen LogP contribution in [0.4, 0.5) is 0 Å². The largest absolute Gasteiger partial charge is 0.399 e. The van der Waals surface area contributed by atoms with Gasteiger partial charge in [0, 0.05) is 23.7 Å². The van der Waals surface area contributed by atoms with Crippen molar-refractivity contribution in [2.24, 2.45) is 34.1 Å². The van der Waals surface area contributed by atoms with Crippen molar-refractivity contribution < 1.29 is 0 Å². The first-order chi connectivity index (χ1) is 11.3. The smallest absolute Gasteiger partial charge is 0.0360 e. The lowest BCUT2D eigenvalue weighted by molar-refractivity contribution is -0.0694. The molecule has 0 radical (unpaired) electrons. The maximum atomic E-state index is 5.98. The van der Waals surface area contributed by atoms with E-state index >= 15 is 0 Å². The molecule has 3 nitrogen and oxygen atoms in total. The highest BCUT2D eigenvalue weighted by Gasteiger charge is 2.51. The molecule has 3 unspecified atom stereocenters. The third-order valence-corrected chi connectivity index (χ3v) is 6.57. The number of nitrogens with two attached hydrogens (primary N) is 2. The predicted molar refractivity (Wildman–Crippen MR) is 103 cm³/mol. The molecule has 1 aromatic rings. The fraction of sp³-hybridized carbons (Fsp3) is 0.667. The quantitative estimate of drug-likeness (QED) is 0.834. The SMILES string of the molecule is C=C(N)c1cccnc1.CC1(C)CCCC2(C)C(CN)CCCC12. The van der Waals surface area contributed by atoms with Crippen LogP contribution in [0.3, 0.4) is 0 Å². The predicted octanol–water partition coefficient (Wildman–Crippen LogP) is 4.59. The average Bonchev–Trinajstić information content (AvgIpc) is 2.55. The minimum atomic E-state index is 0.550. The maximum Gasteiger partial charge on any atom is 0.0360 e. The Morgan fingerprint density at radius 1 is 1.25 bits per heavy atom. The Morgan fingerprint density at radius 2 is 2.00 bits per heavy atom. The summed E-state index contributed by atoms with van der Waals surface area (Å²) in [5, 5.41) is 0. The number of nitrogens with zero attached hydrogens (tertiary/aromatic N) is 1. The third-order valence-electron chi connectivity index (χ3n) is 6.57. The molecule has 3 heteroatoms. The van der Waals surface area contributed by atoms with Crippen LogP contribution in [0.2, 0.25) is 0 Å². The van der Waals surface area contributed by atoms with Crippen LogP contribution in [0.1, 0.15) is 64.9 Å². The number of fused-ring (bicyclic) bond motifs is 1. The molecule has 0 amide bonds. The molecule has 4 N–H and O–H groups in total. The molecule has 0 spiro atoms. The highest BCUT2D eigenvalue weighted by molar-refractivity contribution is 5.58. The second-order valence-corrected chi connectivity index (χ2v) is 8.53. The lowest BCUT2D eigenvalue weighted by atomic mass is 9.48. The Labute approximate surface area is 147 Å². The molecule has 2 aliphatic rings. The van der Waals surface area contributed by atoms with E-state index in [1.807, 2.05) is 12.1 Å². The lowest BCUT2D eigenvalue weighted by Crippen LogP contribution is -2.50. The lowest BCUT2D eigenvalue weighted by Gasteiger charge is -2.57. The number of pyridine rings is 1. The normalized spacial score (nSPS) is 31.3. The van der Waals surface area contributed by atoms with Crippen molar-refractivity contribution in [1.29, 1.82) is 0 Å². The molecular formula is C21H35N3. The van der Waals surface area contributed by atoms with Gasteiger partial charge in [0.15, 0.2) is 0 Å². The van der Waals surface area contributed by atoms with E-state index in [2.05, 4.69) is 32.3 Å². The summed E-state index contributed by atoms with van der Waals surface area (Å²) < 4.78 is 0. The first-order valence-corrected chi connectivity index (χ1v) is 9.36. The van der Waals surface area contributed by atoms with Crippen molar-refractivity contribution in [1.82, 2.24) is 4.98 Å². The standard InChI is InChI=1S/C14H27N.C7H8N2/c1-13(2)8-5-9-14(3)11(10-15)6-4-7-12(13)14;1-6(8)7-3-2-4-9-5-7/h11-12H,4-10,15H2,1-3H3;2-5H,1,8H2. The van der Waals surface area contributed by atoms with Crippen molar-refractivity contribution in [3.05, 3.63) is 36.7 Å². The topological polar surface area (TPSA) is 64.9 Å². The fourth-order valence-electron chi connectivity index (χ4n) is 5.21. The number of hydrogen-bond acceptors (Lipinski definition) is 3. The fourth-order valence-corrected chi connectivity index (χ4v) is 5.21. The maximum absolute atomic E-state index is 5.98. The average molecular weight is 330 g/mol. The molecule has 2 aliphatic carbocycles. The summed E-state index contributed by atoms with van der Waals surface area (Å²) in [7, 11) is 0. The Bertz CT molecular complexity index is 537. The second-order valence-electron chi connectivity index (χ2n) is 8.53. The van der Waals surface area contributed by atoms with Crippen LogP contribution >= 0.6 is 0 Å². The van der Waals surface area contributed by atoms with Crippen LogP contribution in [-0.2, 0) is 0 Å². The van der Waals surface area contributed by atoms with E-state index in [0.29, 0.717) is 16.5 Å². The van der Waals surface area contributed by atoms with Crippen molar-refractivity contribution >= 4 is 5.70 Å². The summed E-state index contributed by atoms with van der Waals surface area (Å²) in [5.74, 6) is 1.71. The number of hydrogen-bond donors (Lipinski definition) is 2. The minimum Gasteiger partial charge on any atom is -0.399 e. The molecule has 0 saturated heterocycles. The molecule has 2 saturated carbocycles. The highest BCUT2D eigenvalue weighted by Crippen LogP contribution is 2.59. The molecule has 0 bridgehead atoms. The van der Waals surface area contributed by atoms with Crippen molar-refractivity contribution in [3.63, 3.8) is 0 Å². The summed E-state index contributed by atoms with van der Waals surface area (Å²) in [4.78, 5) is 3.87. The van der Waals surface area contributed by atoms with Gasteiger partial charge in [-0.05, 0) is 67.0 Å². The van der Waals surface area contributed by atoms with E-state index < -0.39 is 0 Å². The minimum absolute atomic E-state index is 0.550. The molecule has 3 rings (SSSR count). The van der Waals surface area contributed by atoms with Crippen LogP contribution in [0.25, 0.3) is 5.70 Å². The van der Waals surface area contributed by atoms with Crippen LogP contribution in [-0.4, -0.2) is 11.5 Å². The summed E-state index contributed by atoms with van der Waals surface area (Å²) >= 11 is 0. The summed E-state index contributed by atoms with van der Waals surface area (Å²) in [6.45, 7) is 12.0. The molecule has 2 fully saturated rings. The van der Waals surface area contributed by atoms with E-state index in [4.69, 9.17) is 11.5 Å². The molecular weight excluding hydrogens is 294 g/mol. The van der Waals surface area contributed by atoms with Gasteiger partial charge in [0.1, 0.15) is 0 Å². The van der Waals surface area contributed by atoms with Crippen LogP contribution < -0.4 is 11.5 Å². The zero-order chi connectivity index (χ0) is 17.8. The van der Waals surface area contributed by atoms with Crippen LogP contribution in [0, 0.1) is 22.7 Å². The van der Waals surface area contributed by atoms with Gasteiger partial charge in [0.05, 0.1) is 0 Å². The molecule has 3 atom stereocenters. The van der Waals surface area contributed by atoms with Gasteiger partial charge in [-0.15, -0.1) is 0 Å². The van der Waals surface area contributed by atoms with Crippen LogP contribution in [0.15, 0.2) is 31.1 Å². The molecule has 0 aromatic carbocycles. The Hall–Kier alpha value is -1.35. The first-order valence-electron chi connectivity index (χ1n) is 9.36. The van der Waals surface area contributed by atoms with E-state index in [1.165, 1.54) is 38.5 Å². The Balaban J connectivity index is 0.000000198. The van der Waals surface area contributed by atoms with Crippen molar-refractivity contribution in [3.8, 4) is 0 Å². The molecule has 0 aliphatic heterocycles. The van der Waals surface area contributed by atoms with Gasteiger partial charge in [-0.1, -0.05) is 40.2 Å². The zero-order valence-electron chi connectivity index (χ0n) is 15.7. The Kier molecular flexibility index (Phi) is 6.08. The van der Waals surface area contributed by atoms with E-state index in [-0.39, 0.29) is 0 Å². The van der Waals surface area contributed by atoms with Crippen LogP contribution in [0.5, 0.6) is 0 Å². The van der Waals surface area contributed by atoms with E-state index in [1.54, 1.807) is 12.4 Å². The third kappa shape index (κ3) is 4.00. The second kappa shape index (κ2) is 7.69. The van der Waals surface area contributed by atoms with Gasteiger partial charge in [-0.2, -0.15) is 0 Å². The first kappa shape index (κ1) is 19.0. The van der Waals surface area contributed by atoms with E-state index in [9.17, 15) is 0 Å². The molecule has 134 valence electrons. The van der Waals surface area contributed by atoms with Gasteiger partial charge in [0.25, 0.3) is 0 Å². The monoisotopic (exact) mass is 329 g/mol. The Morgan fingerprint density at radius 3 is 2.54 bits per heavy atom. The van der Waals surface area contributed by atoms with Gasteiger partial charge in [-0.25, -0.2) is 0 Å². The summed E-state index contributed by atoms with van der Waals surface area (Å²) in [6.07, 6.45) is 11.9. The van der Waals surface area contributed by atoms with Crippen molar-refractivity contribution in [2.45, 2.75) is 59.3 Å². The van der Waals surface area contributed by atoms with Crippen molar-refractivity contribution in [2.75, 3.05) is 6.54 Å². The summed E-state index contributed by atoms with van der Waals surface area (Å²) in [5.41, 5.74) is 13.9. The van der Waals surface area contributed by atoms with Gasteiger partial charge >= 0.3 is 0 Å². The van der Waals surface area contributed by atoms with Gasteiger partial charge < -0.3 is 11.5 Å². The molecule has 24 heavy (non-hydrogen) atoms. The number of rotatable bonds is 2. The molecule has 1 aromatic heterocycles. The number of aromatic nitrogens is 1.